The minimum Gasteiger partial charge on any atom is -0.478 e. The number of hydrogen-bond acceptors (Lipinski definition) is 8. The van der Waals surface area contributed by atoms with E-state index in [-0.39, 0.29) is 23.8 Å². The Bertz CT molecular complexity index is 1330. The van der Waals surface area contributed by atoms with Gasteiger partial charge in [-0.25, -0.2) is 4.98 Å². The van der Waals surface area contributed by atoms with Crippen LogP contribution < -0.4 is 25.8 Å². The smallest absolute Gasteiger partial charge is 0.293 e. The summed E-state index contributed by atoms with van der Waals surface area (Å²) < 4.78 is 7.93. The van der Waals surface area contributed by atoms with Crippen LogP contribution in [0.1, 0.15) is 12.8 Å². The zero-order valence-electron chi connectivity index (χ0n) is 21.1. The highest BCUT2D eigenvalue weighted by atomic mass is 127. The molecule has 10 nitrogen and oxygen atoms in total. The number of benzene rings is 1. The summed E-state index contributed by atoms with van der Waals surface area (Å²) in [4.78, 5) is 38.2. The molecule has 1 aliphatic rings. The summed E-state index contributed by atoms with van der Waals surface area (Å²) in [6.45, 7) is 2.72. The van der Waals surface area contributed by atoms with Gasteiger partial charge in [0.2, 0.25) is 5.95 Å². The van der Waals surface area contributed by atoms with Gasteiger partial charge >= 0.3 is 0 Å². The average molecular weight is 640 g/mol. The number of carbonyl (C=O) groups excluding carboxylic acids is 1. The van der Waals surface area contributed by atoms with Crippen molar-refractivity contribution in [2.45, 2.75) is 23.3 Å². The molecule has 0 saturated carbocycles. The third kappa shape index (κ3) is 6.82. The van der Waals surface area contributed by atoms with Gasteiger partial charge in [-0.1, -0.05) is 34.2 Å². The van der Waals surface area contributed by atoms with Crippen molar-refractivity contribution >= 4 is 68.5 Å². The molecule has 0 atom stereocenters. The highest BCUT2D eigenvalue weighted by Gasteiger charge is 2.20. The van der Waals surface area contributed by atoms with E-state index in [1.807, 2.05) is 37.2 Å². The number of anilines is 3. The number of aromatic nitrogens is 3. The number of nitrogens with one attached hydrogen (secondary N) is 2. The number of rotatable bonds is 9. The van der Waals surface area contributed by atoms with Crippen molar-refractivity contribution in [2.75, 3.05) is 57.6 Å². The molecule has 0 radical (unpaired) electrons. The maximum Gasteiger partial charge on any atom is 0.293 e. The van der Waals surface area contributed by atoms with E-state index in [2.05, 4.69) is 43.1 Å². The van der Waals surface area contributed by atoms with Crippen LogP contribution in [0.5, 0.6) is 5.75 Å². The predicted octanol–water partition coefficient (Wildman–Crippen LogP) is 3.28. The van der Waals surface area contributed by atoms with Crippen LogP contribution in [0.15, 0.2) is 35.3 Å². The van der Waals surface area contributed by atoms with E-state index in [0.717, 1.165) is 42.5 Å². The van der Waals surface area contributed by atoms with E-state index in [4.69, 9.17) is 21.3 Å². The summed E-state index contributed by atoms with van der Waals surface area (Å²) in [7, 11) is 5.42. The molecule has 1 fully saturated rings. The monoisotopic (exact) mass is 639 g/mol. The lowest BCUT2D eigenvalue weighted by Gasteiger charge is -2.29. The summed E-state index contributed by atoms with van der Waals surface area (Å²) >= 11 is 8.93. The summed E-state index contributed by atoms with van der Waals surface area (Å²) in [6.07, 6.45) is 3.81. The third-order valence-corrected chi connectivity index (χ3v) is 7.69. The van der Waals surface area contributed by atoms with Gasteiger partial charge in [-0.2, -0.15) is 4.98 Å². The Balaban J connectivity index is 1.66. The van der Waals surface area contributed by atoms with E-state index in [1.54, 1.807) is 16.8 Å². The Hall–Kier alpha value is -2.64. The van der Waals surface area contributed by atoms with Crippen LogP contribution in [0, 0.1) is 0 Å². The van der Waals surface area contributed by atoms with Gasteiger partial charge in [-0.15, -0.1) is 0 Å². The lowest BCUT2D eigenvalue weighted by molar-refractivity contribution is -0.122. The summed E-state index contributed by atoms with van der Waals surface area (Å²) in [5, 5.41) is 7.00. The van der Waals surface area contributed by atoms with Gasteiger partial charge in [-0.05, 0) is 51.2 Å². The number of pyridine rings is 1. The second-order valence-corrected chi connectivity index (χ2v) is 11.3. The Kier molecular flexibility index (Phi) is 9.08. The number of likely N-dealkylation sites (N-methyl/N-ethyl adjacent to an activating group) is 2. The molecule has 1 aliphatic heterocycles. The van der Waals surface area contributed by atoms with Gasteiger partial charge < -0.3 is 29.7 Å². The first-order valence-electron chi connectivity index (χ1n) is 12.1. The second kappa shape index (κ2) is 12.3. The van der Waals surface area contributed by atoms with Crippen molar-refractivity contribution < 1.29 is 9.53 Å². The zero-order chi connectivity index (χ0) is 26.5. The topological polar surface area (TPSA) is 105 Å². The highest BCUT2D eigenvalue weighted by molar-refractivity contribution is 14.1. The van der Waals surface area contributed by atoms with Crippen LogP contribution in [0.25, 0.3) is 10.9 Å². The number of alkyl halides is 1. The molecule has 0 spiro atoms. The molecule has 12 heteroatoms. The molecule has 198 valence electrons. The van der Waals surface area contributed by atoms with Gasteiger partial charge in [0, 0.05) is 48.2 Å². The number of piperidine rings is 1. The molecule has 1 saturated heterocycles. The van der Waals surface area contributed by atoms with Crippen molar-refractivity contribution in [1.82, 2.24) is 24.8 Å². The molecule has 2 aromatic heterocycles. The lowest BCUT2D eigenvalue weighted by Crippen LogP contribution is -2.35. The number of nitrogens with zero attached hydrogens (tertiary/aromatic N) is 5. The minimum atomic E-state index is -0.313. The lowest BCUT2D eigenvalue weighted by atomic mass is 10.1. The van der Waals surface area contributed by atoms with Crippen LogP contribution in [0.3, 0.4) is 0 Å². The largest absolute Gasteiger partial charge is 0.478 e. The fourth-order valence-corrected chi connectivity index (χ4v) is 4.76. The molecule has 4 rings (SSSR count). The minimum absolute atomic E-state index is 0.119. The maximum absolute atomic E-state index is 13.2. The van der Waals surface area contributed by atoms with Crippen LogP contribution in [-0.4, -0.2) is 76.7 Å². The Morgan fingerprint density at radius 2 is 2.03 bits per heavy atom. The van der Waals surface area contributed by atoms with Crippen LogP contribution in [0.4, 0.5) is 17.5 Å². The molecular formula is C25H31ClIN7O3. The Labute approximate surface area is 234 Å². The molecule has 1 amide bonds. The van der Waals surface area contributed by atoms with E-state index in [9.17, 15) is 9.59 Å². The number of carbonyl (C=O) groups is 1. The molecule has 1 aromatic carbocycles. The van der Waals surface area contributed by atoms with E-state index >= 15 is 0 Å². The molecule has 0 aliphatic carbocycles. The van der Waals surface area contributed by atoms with Crippen molar-refractivity contribution in [2.24, 2.45) is 0 Å². The van der Waals surface area contributed by atoms with Crippen LogP contribution in [-0.2, 0) is 11.3 Å². The van der Waals surface area contributed by atoms with E-state index in [1.165, 1.54) is 7.05 Å². The second-order valence-electron chi connectivity index (χ2n) is 9.16. The molecule has 3 heterocycles. The third-order valence-electron chi connectivity index (χ3n) is 6.17. The van der Waals surface area contributed by atoms with Gasteiger partial charge in [0.05, 0.1) is 11.7 Å². The van der Waals surface area contributed by atoms with Crippen molar-refractivity contribution in [3.05, 3.63) is 45.8 Å². The molecular weight excluding hydrogens is 609 g/mol. The standard InChI is InChI=1S/C25H31ClIN7O3/c1-28-22(35)15-37-21-13-16-12-18(4-5-20(16)34(24(21)36)11-10-32(2)3)30-23-19(26)14-29-25(31-23)33-8-6-17(27)7-9-33/h4-5,12-14,17H,6-11,15H2,1-3H3,(H,28,35)(H,29,30,31). The molecule has 0 bridgehead atoms. The van der Waals surface area contributed by atoms with Gasteiger partial charge in [-0.3, -0.25) is 9.59 Å². The normalized spacial score (nSPS) is 14.3. The first-order valence-corrected chi connectivity index (χ1v) is 13.7. The zero-order valence-corrected chi connectivity index (χ0v) is 24.0. The van der Waals surface area contributed by atoms with E-state index < -0.39 is 0 Å². The van der Waals surface area contributed by atoms with Crippen molar-refractivity contribution in [3.8, 4) is 5.75 Å². The first-order chi connectivity index (χ1) is 17.7. The van der Waals surface area contributed by atoms with Gasteiger partial charge in [0.1, 0.15) is 5.02 Å². The number of halogens is 2. The fraction of sp³-hybridized carbons (Fsp3) is 0.440. The fourth-order valence-electron chi connectivity index (χ4n) is 4.06. The summed E-state index contributed by atoms with van der Waals surface area (Å²) in [5.74, 6) is 0.970. The number of ether oxygens (including phenoxy) is 1. The first kappa shape index (κ1) is 27.4. The van der Waals surface area contributed by atoms with Crippen molar-refractivity contribution in [3.63, 3.8) is 0 Å². The van der Waals surface area contributed by atoms with E-state index in [0.29, 0.717) is 33.8 Å². The van der Waals surface area contributed by atoms with Gasteiger partial charge in [0.15, 0.2) is 18.2 Å². The Morgan fingerprint density at radius 1 is 1.27 bits per heavy atom. The van der Waals surface area contributed by atoms with Gasteiger partial charge in [0.25, 0.3) is 11.5 Å². The summed E-state index contributed by atoms with van der Waals surface area (Å²) in [6, 6.07) is 7.35. The molecule has 37 heavy (non-hydrogen) atoms. The number of hydrogen-bond donors (Lipinski definition) is 2. The number of amides is 1. The molecule has 3 aromatic rings. The molecule has 0 unspecified atom stereocenters. The quantitative estimate of drug-likeness (QED) is 0.272. The average Bonchev–Trinajstić information content (AvgIpc) is 2.88. The summed E-state index contributed by atoms with van der Waals surface area (Å²) in [5.41, 5.74) is 1.23. The van der Waals surface area contributed by atoms with Crippen LogP contribution in [0.2, 0.25) is 5.02 Å². The SMILES string of the molecule is CNC(=O)COc1cc2cc(Nc3nc(N4CCC(I)CC4)ncc3Cl)ccc2n(CCN(C)C)c1=O. The highest BCUT2D eigenvalue weighted by Crippen LogP contribution is 2.29. The van der Waals surface area contributed by atoms with Crippen LogP contribution >= 0.6 is 34.2 Å². The predicted molar refractivity (Wildman–Crippen MR) is 156 cm³/mol. The van der Waals surface area contributed by atoms with Crippen molar-refractivity contribution in [1.29, 1.82) is 0 Å². The molecule has 2 N–H and O–H groups in total. The maximum atomic E-state index is 13.2. The number of fused-ring (bicyclic) bond motifs is 1. The Morgan fingerprint density at radius 3 is 2.73 bits per heavy atom.